The standard InChI is InChI=1S/C16H24N2OS/c1-4-11(19)14-13(17)12(10-5-6-10)15(20-14)18-8-7-16(2,3)9-18/h10H,4-9,17H2,1-3H3. The van der Waals surface area contributed by atoms with E-state index in [1.54, 1.807) is 11.3 Å². The summed E-state index contributed by atoms with van der Waals surface area (Å²) >= 11 is 1.64. The molecule has 2 N–H and O–H groups in total. The van der Waals surface area contributed by atoms with Gasteiger partial charge in [-0.15, -0.1) is 11.3 Å². The maximum Gasteiger partial charge on any atom is 0.174 e. The molecule has 0 atom stereocenters. The fourth-order valence-electron chi connectivity index (χ4n) is 3.10. The number of hydrogen-bond donors (Lipinski definition) is 1. The smallest absolute Gasteiger partial charge is 0.174 e. The second-order valence-electron chi connectivity index (χ2n) is 6.95. The Morgan fingerprint density at radius 2 is 2.15 bits per heavy atom. The van der Waals surface area contributed by atoms with Gasteiger partial charge in [-0.3, -0.25) is 4.79 Å². The van der Waals surface area contributed by atoms with E-state index in [1.165, 1.54) is 29.8 Å². The number of carbonyl (C=O) groups is 1. The van der Waals surface area contributed by atoms with E-state index in [-0.39, 0.29) is 5.78 Å². The van der Waals surface area contributed by atoms with Crippen molar-refractivity contribution in [2.75, 3.05) is 23.7 Å². The lowest BCUT2D eigenvalue weighted by molar-refractivity contribution is 0.0993. The summed E-state index contributed by atoms with van der Waals surface area (Å²) in [5.41, 5.74) is 8.75. The molecule has 1 aromatic rings. The van der Waals surface area contributed by atoms with Gasteiger partial charge in [0.15, 0.2) is 5.78 Å². The highest BCUT2D eigenvalue weighted by atomic mass is 32.1. The van der Waals surface area contributed by atoms with Crippen molar-refractivity contribution in [3.05, 3.63) is 10.4 Å². The Labute approximate surface area is 125 Å². The Balaban J connectivity index is 1.99. The number of hydrogen-bond acceptors (Lipinski definition) is 4. The van der Waals surface area contributed by atoms with Crippen LogP contribution in [0.3, 0.4) is 0 Å². The van der Waals surface area contributed by atoms with Crippen LogP contribution in [0.2, 0.25) is 0 Å². The first kappa shape index (κ1) is 13.9. The first-order valence-electron chi connectivity index (χ1n) is 7.63. The van der Waals surface area contributed by atoms with Gasteiger partial charge < -0.3 is 10.6 Å². The van der Waals surface area contributed by atoms with E-state index in [0.717, 1.165) is 23.7 Å². The molecule has 2 heterocycles. The van der Waals surface area contributed by atoms with Crippen LogP contribution >= 0.6 is 11.3 Å². The minimum Gasteiger partial charge on any atom is -0.397 e. The number of ketones is 1. The fraction of sp³-hybridized carbons (Fsp3) is 0.688. The molecule has 0 bridgehead atoms. The van der Waals surface area contributed by atoms with Gasteiger partial charge >= 0.3 is 0 Å². The van der Waals surface area contributed by atoms with Crippen LogP contribution in [-0.2, 0) is 0 Å². The van der Waals surface area contributed by atoms with Crippen molar-refractivity contribution < 1.29 is 4.79 Å². The second-order valence-corrected chi connectivity index (χ2v) is 7.95. The zero-order valence-corrected chi connectivity index (χ0v) is 13.5. The third kappa shape index (κ3) is 2.34. The summed E-state index contributed by atoms with van der Waals surface area (Å²) in [4.78, 5) is 15.4. The zero-order valence-electron chi connectivity index (χ0n) is 12.7. The Morgan fingerprint density at radius 3 is 2.65 bits per heavy atom. The minimum absolute atomic E-state index is 0.194. The molecule has 2 fully saturated rings. The molecule has 0 unspecified atom stereocenters. The monoisotopic (exact) mass is 292 g/mol. The van der Waals surface area contributed by atoms with Crippen LogP contribution in [0.4, 0.5) is 10.7 Å². The average Bonchev–Trinajstić information content (AvgIpc) is 3.08. The van der Waals surface area contributed by atoms with Crippen LogP contribution in [0.1, 0.15) is 67.6 Å². The third-order valence-corrected chi connectivity index (χ3v) is 5.81. The van der Waals surface area contributed by atoms with Gasteiger partial charge in [-0.05, 0) is 30.6 Å². The summed E-state index contributed by atoms with van der Waals surface area (Å²) in [5, 5.41) is 1.28. The van der Waals surface area contributed by atoms with Gasteiger partial charge in [0.2, 0.25) is 0 Å². The van der Waals surface area contributed by atoms with Crippen LogP contribution in [0.5, 0.6) is 0 Å². The van der Waals surface area contributed by atoms with Gasteiger partial charge in [0, 0.05) is 25.1 Å². The molecule has 110 valence electrons. The van der Waals surface area contributed by atoms with Crippen LogP contribution in [0.25, 0.3) is 0 Å². The molecule has 3 nitrogen and oxygen atoms in total. The molecule has 20 heavy (non-hydrogen) atoms. The molecule has 0 aromatic carbocycles. The first-order valence-corrected chi connectivity index (χ1v) is 8.45. The first-order chi connectivity index (χ1) is 9.43. The van der Waals surface area contributed by atoms with Gasteiger partial charge in [-0.2, -0.15) is 0 Å². The topological polar surface area (TPSA) is 46.3 Å². The Morgan fingerprint density at radius 1 is 1.45 bits per heavy atom. The quantitative estimate of drug-likeness (QED) is 0.852. The normalized spacial score (nSPS) is 21.4. The van der Waals surface area contributed by atoms with Crippen molar-refractivity contribution in [1.29, 1.82) is 0 Å². The Kier molecular flexibility index (Phi) is 3.32. The predicted molar refractivity (Wildman–Crippen MR) is 85.9 cm³/mol. The number of nitrogens with two attached hydrogens (primary N) is 1. The predicted octanol–water partition coefficient (Wildman–Crippen LogP) is 4.04. The average molecular weight is 292 g/mol. The van der Waals surface area contributed by atoms with E-state index in [2.05, 4.69) is 18.7 Å². The lowest BCUT2D eigenvalue weighted by atomic mass is 9.93. The summed E-state index contributed by atoms with van der Waals surface area (Å²) in [6, 6.07) is 0. The van der Waals surface area contributed by atoms with E-state index in [1.807, 2.05) is 6.92 Å². The molecule has 1 aromatic heterocycles. The number of carbonyl (C=O) groups excluding carboxylic acids is 1. The molecule has 1 saturated heterocycles. The highest BCUT2D eigenvalue weighted by Gasteiger charge is 2.37. The maximum absolute atomic E-state index is 12.1. The zero-order chi connectivity index (χ0) is 14.5. The van der Waals surface area contributed by atoms with Gasteiger partial charge in [-0.1, -0.05) is 20.8 Å². The van der Waals surface area contributed by atoms with E-state index in [4.69, 9.17) is 5.73 Å². The third-order valence-electron chi connectivity index (χ3n) is 4.49. The highest BCUT2D eigenvalue weighted by molar-refractivity contribution is 7.19. The van der Waals surface area contributed by atoms with Gasteiger partial charge in [-0.25, -0.2) is 0 Å². The van der Waals surface area contributed by atoms with Crippen molar-refractivity contribution in [3.63, 3.8) is 0 Å². The van der Waals surface area contributed by atoms with Crippen molar-refractivity contribution >= 4 is 27.8 Å². The van der Waals surface area contributed by atoms with Crippen molar-refractivity contribution in [1.82, 2.24) is 0 Å². The van der Waals surface area contributed by atoms with Crippen molar-refractivity contribution in [2.45, 2.75) is 52.4 Å². The lowest BCUT2D eigenvalue weighted by Gasteiger charge is -2.21. The molecule has 1 saturated carbocycles. The summed E-state index contributed by atoms with van der Waals surface area (Å²) in [7, 11) is 0. The number of nitrogen functional groups attached to an aromatic ring is 1. The van der Waals surface area contributed by atoms with Crippen LogP contribution in [-0.4, -0.2) is 18.9 Å². The van der Waals surface area contributed by atoms with E-state index >= 15 is 0 Å². The number of nitrogens with zero attached hydrogens (tertiary/aromatic N) is 1. The number of thiophene rings is 1. The largest absolute Gasteiger partial charge is 0.397 e. The second kappa shape index (κ2) is 4.76. The molecular weight excluding hydrogens is 268 g/mol. The number of Topliss-reactive ketones (excluding diaryl/α,β-unsaturated/α-hetero) is 1. The SMILES string of the molecule is CCC(=O)c1sc(N2CCC(C)(C)C2)c(C2CC2)c1N. The molecule has 1 aliphatic carbocycles. The summed E-state index contributed by atoms with van der Waals surface area (Å²) in [6.07, 6.45) is 4.21. The lowest BCUT2D eigenvalue weighted by Crippen LogP contribution is -2.22. The van der Waals surface area contributed by atoms with E-state index in [0.29, 0.717) is 17.8 Å². The van der Waals surface area contributed by atoms with Gasteiger partial charge in [0.1, 0.15) is 0 Å². The van der Waals surface area contributed by atoms with E-state index < -0.39 is 0 Å². The highest BCUT2D eigenvalue weighted by Crippen LogP contribution is 2.53. The van der Waals surface area contributed by atoms with Crippen LogP contribution in [0, 0.1) is 5.41 Å². The van der Waals surface area contributed by atoms with E-state index in [9.17, 15) is 4.79 Å². The molecule has 0 radical (unpaired) electrons. The molecule has 1 aliphatic heterocycles. The molecular formula is C16H24N2OS. The molecule has 4 heteroatoms. The summed E-state index contributed by atoms with van der Waals surface area (Å²) < 4.78 is 0. The molecule has 2 aliphatic rings. The van der Waals surface area contributed by atoms with Gasteiger partial charge in [0.25, 0.3) is 0 Å². The Hall–Kier alpha value is -1.03. The molecule has 0 spiro atoms. The summed E-state index contributed by atoms with van der Waals surface area (Å²) in [6.45, 7) is 8.72. The number of rotatable bonds is 4. The fourth-order valence-corrected chi connectivity index (χ4v) is 4.44. The maximum atomic E-state index is 12.1. The summed E-state index contributed by atoms with van der Waals surface area (Å²) in [5.74, 6) is 0.794. The van der Waals surface area contributed by atoms with Gasteiger partial charge in [0.05, 0.1) is 15.6 Å². The number of anilines is 2. The van der Waals surface area contributed by atoms with Crippen LogP contribution in [0.15, 0.2) is 0 Å². The molecule has 3 rings (SSSR count). The minimum atomic E-state index is 0.194. The van der Waals surface area contributed by atoms with Crippen LogP contribution < -0.4 is 10.6 Å². The molecule has 0 amide bonds. The van der Waals surface area contributed by atoms with Crippen molar-refractivity contribution in [2.24, 2.45) is 5.41 Å². The van der Waals surface area contributed by atoms with Crippen molar-refractivity contribution in [3.8, 4) is 0 Å². The Bertz CT molecular complexity index is 543.